The SMILES string of the molecule is CC1(C)CCCC(NC(=O)c2ccnc(F)c2)C1. The fourth-order valence-electron chi connectivity index (χ4n) is 2.63. The lowest BCUT2D eigenvalue weighted by Crippen LogP contribution is -2.40. The Morgan fingerprint density at radius 3 is 3.00 bits per heavy atom. The van der Waals surface area contributed by atoms with Crippen molar-refractivity contribution in [3.63, 3.8) is 0 Å². The lowest BCUT2D eigenvalue weighted by molar-refractivity contribution is 0.0902. The molecule has 0 aromatic carbocycles. The van der Waals surface area contributed by atoms with Crippen LogP contribution < -0.4 is 5.32 Å². The Morgan fingerprint density at radius 1 is 1.56 bits per heavy atom. The Labute approximate surface area is 107 Å². The van der Waals surface area contributed by atoms with Crippen molar-refractivity contribution in [1.82, 2.24) is 10.3 Å². The second-order valence-electron chi connectivity index (χ2n) is 5.80. The summed E-state index contributed by atoms with van der Waals surface area (Å²) in [5.74, 6) is -0.828. The number of carbonyl (C=O) groups excluding carboxylic acids is 1. The number of carbonyl (C=O) groups is 1. The predicted octanol–water partition coefficient (Wildman–Crippen LogP) is 2.92. The monoisotopic (exact) mass is 250 g/mol. The van der Waals surface area contributed by atoms with Crippen LogP contribution in [0.4, 0.5) is 4.39 Å². The topological polar surface area (TPSA) is 42.0 Å². The molecule has 3 nitrogen and oxygen atoms in total. The minimum Gasteiger partial charge on any atom is -0.349 e. The third-order valence-electron chi connectivity index (χ3n) is 3.53. The molecule has 4 heteroatoms. The maximum absolute atomic E-state index is 12.9. The van der Waals surface area contributed by atoms with Crippen LogP contribution in [0.25, 0.3) is 0 Å². The van der Waals surface area contributed by atoms with Crippen molar-refractivity contribution in [1.29, 1.82) is 0 Å². The summed E-state index contributed by atoms with van der Waals surface area (Å²) in [5, 5.41) is 2.98. The Balaban J connectivity index is 1.99. The van der Waals surface area contributed by atoms with E-state index in [1.54, 1.807) is 0 Å². The third-order valence-corrected chi connectivity index (χ3v) is 3.53. The second kappa shape index (κ2) is 5.04. The number of nitrogens with zero attached hydrogens (tertiary/aromatic N) is 1. The van der Waals surface area contributed by atoms with E-state index in [9.17, 15) is 9.18 Å². The van der Waals surface area contributed by atoms with Crippen LogP contribution in [0.5, 0.6) is 0 Å². The molecule has 0 aliphatic heterocycles. The first kappa shape index (κ1) is 13.0. The summed E-state index contributed by atoms with van der Waals surface area (Å²) in [6.07, 6.45) is 5.62. The molecule has 1 heterocycles. The maximum atomic E-state index is 12.9. The molecule has 1 atom stereocenters. The molecule has 18 heavy (non-hydrogen) atoms. The van der Waals surface area contributed by atoms with Crippen molar-refractivity contribution >= 4 is 5.91 Å². The van der Waals surface area contributed by atoms with Crippen LogP contribution >= 0.6 is 0 Å². The van der Waals surface area contributed by atoms with E-state index in [-0.39, 0.29) is 17.4 Å². The van der Waals surface area contributed by atoms with Gasteiger partial charge >= 0.3 is 0 Å². The van der Waals surface area contributed by atoms with Gasteiger partial charge in [-0.3, -0.25) is 4.79 Å². The quantitative estimate of drug-likeness (QED) is 0.820. The molecule has 2 rings (SSSR count). The third kappa shape index (κ3) is 3.28. The Kier molecular flexibility index (Phi) is 3.64. The van der Waals surface area contributed by atoms with Crippen molar-refractivity contribution in [3.8, 4) is 0 Å². The summed E-state index contributed by atoms with van der Waals surface area (Å²) in [6, 6.07) is 2.90. The first-order valence-corrected chi connectivity index (χ1v) is 6.39. The van der Waals surface area contributed by atoms with Crippen molar-refractivity contribution in [3.05, 3.63) is 29.8 Å². The van der Waals surface area contributed by atoms with Gasteiger partial charge in [0.05, 0.1) is 0 Å². The van der Waals surface area contributed by atoms with Gasteiger partial charge < -0.3 is 5.32 Å². The van der Waals surface area contributed by atoms with Crippen LogP contribution in [0, 0.1) is 11.4 Å². The van der Waals surface area contributed by atoms with Gasteiger partial charge in [-0.2, -0.15) is 4.39 Å². The lowest BCUT2D eigenvalue weighted by atomic mass is 9.75. The largest absolute Gasteiger partial charge is 0.349 e. The number of halogens is 1. The highest BCUT2D eigenvalue weighted by Crippen LogP contribution is 2.35. The molecular formula is C14H19FN2O. The van der Waals surface area contributed by atoms with E-state index in [0.29, 0.717) is 5.56 Å². The Morgan fingerprint density at radius 2 is 2.33 bits per heavy atom. The summed E-state index contributed by atoms with van der Waals surface area (Å²) in [4.78, 5) is 15.4. The van der Waals surface area contributed by atoms with Gasteiger partial charge in [-0.05, 0) is 30.7 Å². The van der Waals surface area contributed by atoms with Crippen LogP contribution in [0.1, 0.15) is 49.9 Å². The normalized spacial score (nSPS) is 22.5. The first-order chi connectivity index (χ1) is 8.46. The fourth-order valence-corrected chi connectivity index (χ4v) is 2.63. The molecule has 1 aromatic rings. The van der Waals surface area contributed by atoms with Crippen LogP contribution in [-0.2, 0) is 0 Å². The van der Waals surface area contributed by atoms with Gasteiger partial charge in [-0.15, -0.1) is 0 Å². The molecule has 1 aliphatic rings. The van der Waals surface area contributed by atoms with Gasteiger partial charge in [0.2, 0.25) is 5.95 Å². The first-order valence-electron chi connectivity index (χ1n) is 6.39. The molecule has 1 aliphatic carbocycles. The van der Waals surface area contributed by atoms with Crippen LogP contribution in [-0.4, -0.2) is 16.9 Å². The van der Waals surface area contributed by atoms with Gasteiger partial charge in [-0.25, -0.2) is 4.98 Å². The van der Waals surface area contributed by atoms with Crippen molar-refractivity contribution < 1.29 is 9.18 Å². The van der Waals surface area contributed by atoms with Crippen molar-refractivity contribution in [2.75, 3.05) is 0 Å². The minimum atomic E-state index is -0.619. The molecule has 0 bridgehead atoms. The van der Waals surface area contributed by atoms with Crippen LogP contribution in [0.15, 0.2) is 18.3 Å². The van der Waals surface area contributed by atoms with Gasteiger partial charge in [0.1, 0.15) is 0 Å². The summed E-state index contributed by atoms with van der Waals surface area (Å²) in [5.41, 5.74) is 0.616. The number of pyridine rings is 1. The van der Waals surface area contributed by atoms with Crippen molar-refractivity contribution in [2.45, 2.75) is 45.6 Å². The summed E-state index contributed by atoms with van der Waals surface area (Å²) in [6.45, 7) is 4.44. The van der Waals surface area contributed by atoms with Crippen molar-refractivity contribution in [2.24, 2.45) is 5.41 Å². The zero-order valence-electron chi connectivity index (χ0n) is 10.9. The average Bonchev–Trinajstić information content (AvgIpc) is 2.27. The molecule has 1 fully saturated rings. The van der Waals surface area contributed by atoms with E-state index in [0.717, 1.165) is 19.3 Å². The second-order valence-corrected chi connectivity index (χ2v) is 5.80. The predicted molar refractivity (Wildman–Crippen MR) is 67.7 cm³/mol. The van der Waals surface area contributed by atoms with E-state index < -0.39 is 5.95 Å². The molecule has 98 valence electrons. The lowest BCUT2D eigenvalue weighted by Gasteiger charge is -2.35. The van der Waals surface area contributed by atoms with Crippen LogP contribution in [0.3, 0.4) is 0 Å². The molecule has 1 saturated carbocycles. The van der Waals surface area contributed by atoms with E-state index in [2.05, 4.69) is 24.1 Å². The minimum absolute atomic E-state index is 0.192. The molecule has 0 saturated heterocycles. The number of hydrogen-bond acceptors (Lipinski definition) is 2. The molecule has 1 unspecified atom stereocenters. The number of nitrogens with one attached hydrogen (secondary N) is 1. The summed E-state index contributed by atoms with van der Waals surface area (Å²) < 4.78 is 12.9. The van der Waals surface area contributed by atoms with Gasteiger partial charge in [0.15, 0.2) is 0 Å². The number of amides is 1. The van der Waals surface area contributed by atoms with Crippen LogP contribution in [0.2, 0.25) is 0 Å². The zero-order valence-corrected chi connectivity index (χ0v) is 10.9. The highest BCUT2D eigenvalue weighted by molar-refractivity contribution is 5.94. The Hall–Kier alpha value is -1.45. The van der Waals surface area contributed by atoms with E-state index in [4.69, 9.17) is 0 Å². The molecule has 0 spiro atoms. The highest BCUT2D eigenvalue weighted by atomic mass is 19.1. The summed E-state index contributed by atoms with van der Waals surface area (Å²) in [7, 11) is 0. The van der Waals surface area contributed by atoms with Gasteiger partial charge in [0.25, 0.3) is 5.91 Å². The molecule has 1 N–H and O–H groups in total. The van der Waals surface area contributed by atoms with E-state index >= 15 is 0 Å². The molecule has 0 radical (unpaired) electrons. The van der Waals surface area contributed by atoms with Gasteiger partial charge in [-0.1, -0.05) is 20.3 Å². The number of rotatable bonds is 2. The maximum Gasteiger partial charge on any atom is 0.251 e. The summed E-state index contributed by atoms with van der Waals surface area (Å²) >= 11 is 0. The number of hydrogen-bond donors (Lipinski definition) is 1. The Bertz CT molecular complexity index is 445. The molecular weight excluding hydrogens is 231 g/mol. The van der Waals surface area contributed by atoms with Gasteiger partial charge in [0, 0.05) is 23.9 Å². The zero-order chi connectivity index (χ0) is 13.2. The molecule has 1 amide bonds. The molecule has 1 aromatic heterocycles. The van der Waals surface area contributed by atoms with E-state index in [1.807, 2.05) is 0 Å². The smallest absolute Gasteiger partial charge is 0.251 e. The average molecular weight is 250 g/mol. The standard InChI is InChI=1S/C14H19FN2O/c1-14(2)6-3-4-11(9-14)17-13(18)10-5-7-16-12(15)8-10/h5,7-8,11H,3-4,6,9H2,1-2H3,(H,17,18). The van der Waals surface area contributed by atoms with E-state index in [1.165, 1.54) is 24.8 Å². The highest BCUT2D eigenvalue weighted by Gasteiger charge is 2.28. The fraction of sp³-hybridized carbons (Fsp3) is 0.571. The number of aromatic nitrogens is 1.